The molecule has 0 amide bonds. The van der Waals surface area contributed by atoms with Crippen molar-refractivity contribution in [3.63, 3.8) is 0 Å². The van der Waals surface area contributed by atoms with Crippen LogP contribution in [0.1, 0.15) is 23.7 Å². The van der Waals surface area contributed by atoms with Gasteiger partial charge in [-0.2, -0.15) is 0 Å². The van der Waals surface area contributed by atoms with E-state index in [0.717, 1.165) is 6.42 Å². The lowest BCUT2D eigenvalue weighted by molar-refractivity contribution is 0.0705. The van der Waals surface area contributed by atoms with Crippen molar-refractivity contribution in [1.82, 2.24) is 0 Å². The Morgan fingerprint density at radius 3 is 2.84 bits per heavy atom. The molecule has 1 unspecified atom stereocenters. The number of aliphatic hydroxyl groups is 1. The van der Waals surface area contributed by atoms with E-state index >= 15 is 0 Å². The third kappa shape index (κ3) is 5.88. The molecule has 0 spiro atoms. The molecule has 106 valence electrons. The molecule has 1 aromatic rings. The number of halogens is 1. The first-order valence-corrected chi connectivity index (χ1v) is 7.53. The van der Waals surface area contributed by atoms with E-state index in [2.05, 4.69) is 22.6 Å². The zero-order valence-corrected chi connectivity index (χ0v) is 13.1. The number of Topliss-reactive ketones (excluding diaryl/α,β-unsaturated/α-hetero) is 1. The van der Waals surface area contributed by atoms with Crippen LogP contribution in [0, 0.1) is 0 Å². The van der Waals surface area contributed by atoms with E-state index < -0.39 is 0 Å². The van der Waals surface area contributed by atoms with Crippen molar-refractivity contribution in [2.24, 2.45) is 0 Å². The van der Waals surface area contributed by atoms with Crippen LogP contribution in [0.2, 0.25) is 0 Å². The second-order valence-electron chi connectivity index (χ2n) is 3.95. The lowest BCUT2D eigenvalue weighted by atomic mass is 10.1. The molecule has 4 nitrogen and oxygen atoms in total. The Kier molecular flexibility index (Phi) is 8.00. The number of ether oxygens (including phenoxy) is 2. The number of aliphatic hydroxyl groups excluding tert-OH is 1. The minimum absolute atomic E-state index is 0.000683. The first-order chi connectivity index (χ1) is 9.19. The monoisotopic (exact) mass is 378 g/mol. The number of ketones is 1. The predicted octanol–water partition coefficient (Wildman–Crippen LogP) is 2.47. The van der Waals surface area contributed by atoms with Gasteiger partial charge in [0.2, 0.25) is 0 Å². The van der Waals surface area contributed by atoms with Gasteiger partial charge in [0.1, 0.15) is 12.4 Å². The highest BCUT2D eigenvalue weighted by atomic mass is 127. The van der Waals surface area contributed by atoms with Gasteiger partial charge in [0, 0.05) is 5.56 Å². The molecule has 0 aromatic heterocycles. The maximum atomic E-state index is 12.0. The van der Waals surface area contributed by atoms with Gasteiger partial charge in [0.15, 0.2) is 5.78 Å². The summed E-state index contributed by atoms with van der Waals surface area (Å²) in [6.45, 7) is 3.14. The topological polar surface area (TPSA) is 55.8 Å². The highest BCUT2D eigenvalue weighted by Crippen LogP contribution is 2.18. The summed E-state index contributed by atoms with van der Waals surface area (Å²) in [6.07, 6.45) is 0.819. The fourth-order valence-corrected chi connectivity index (χ4v) is 1.85. The molecule has 0 radical (unpaired) electrons. The second kappa shape index (κ2) is 9.28. The van der Waals surface area contributed by atoms with Crippen LogP contribution in [-0.2, 0) is 4.74 Å². The molecule has 0 bridgehead atoms. The largest absolute Gasteiger partial charge is 0.491 e. The normalized spacial score (nSPS) is 12.2. The van der Waals surface area contributed by atoms with E-state index in [1.165, 1.54) is 0 Å². The summed E-state index contributed by atoms with van der Waals surface area (Å²) in [7, 11) is 0. The van der Waals surface area contributed by atoms with Gasteiger partial charge in [-0.3, -0.25) is 4.79 Å². The number of alkyl halides is 1. The molecule has 0 saturated heterocycles. The Balaban J connectivity index is 2.50. The Morgan fingerprint density at radius 1 is 1.37 bits per heavy atom. The van der Waals surface area contributed by atoms with Gasteiger partial charge in [-0.15, -0.1) is 0 Å². The summed E-state index contributed by atoms with van der Waals surface area (Å²) in [6, 6.07) is 7.20. The Morgan fingerprint density at radius 2 is 2.16 bits per heavy atom. The number of benzene rings is 1. The molecule has 19 heavy (non-hydrogen) atoms. The maximum absolute atomic E-state index is 12.0. The van der Waals surface area contributed by atoms with E-state index in [4.69, 9.17) is 14.6 Å². The fourth-order valence-electron chi connectivity index (χ4n) is 1.49. The predicted molar refractivity (Wildman–Crippen MR) is 82.3 cm³/mol. The van der Waals surface area contributed by atoms with E-state index in [9.17, 15) is 4.79 Å². The van der Waals surface area contributed by atoms with Gasteiger partial charge in [-0.05, 0) is 18.6 Å². The van der Waals surface area contributed by atoms with Crippen molar-refractivity contribution in [3.8, 4) is 5.75 Å². The van der Waals surface area contributed by atoms with Crippen LogP contribution in [0.25, 0.3) is 0 Å². The van der Waals surface area contributed by atoms with Crippen LogP contribution in [0.4, 0.5) is 0 Å². The smallest absolute Gasteiger partial charge is 0.175 e. The lowest BCUT2D eigenvalue weighted by Gasteiger charge is -2.09. The van der Waals surface area contributed by atoms with Gasteiger partial charge in [-0.1, -0.05) is 41.6 Å². The third-order valence-corrected chi connectivity index (χ3v) is 3.94. The Hall–Kier alpha value is -0.660. The quantitative estimate of drug-likeness (QED) is 0.311. The summed E-state index contributed by atoms with van der Waals surface area (Å²) in [4.78, 5) is 12.0. The highest BCUT2D eigenvalue weighted by Gasteiger charge is 2.15. The zero-order chi connectivity index (χ0) is 14.1. The summed E-state index contributed by atoms with van der Waals surface area (Å²) < 4.78 is 10.6. The van der Waals surface area contributed by atoms with Gasteiger partial charge in [0.05, 0.1) is 23.7 Å². The highest BCUT2D eigenvalue weighted by molar-refractivity contribution is 14.1. The molecule has 0 aliphatic heterocycles. The molecule has 1 N–H and O–H groups in total. The van der Waals surface area contributed by atoms with Gasteiger partial charge in [-0.25, -0.2) is 0 Å². The van der Waals surface area contributed by atoms with Crippen LogP contribution in [0.3, 0.4) is 0 Å². The van der Waals surface area contributed by atoms with Crippen molar-refractivity contribution in [3.05, 3.63) is 29.8 Å². The van der Waals surface area contributed by atoms with E-state index in [1.807, 2.05) is 19.1 Å². The lowest BCUT2D eigenvalue weighted by Crippen LogP contribution is -2.13. The minimum Gasteiger partial charge on any atom is -0.491 e. The molecule has 0 aliphatic carbocycles. The average Bonchev–Trinajstić information content (AvgIpc) is 2.45. The zero-order valence-electron chi connectivity index (χ0n) is 11.0. The number of hydrogen-bond donors (Lipinski definition) is 1. The SMILES string of the molecule is CCC(I)C(=O)c1cccc(OCCOCCO)c1. The number of carbonyl (C=O) groups is 1. The summed E-state index contributed by atoms with van der Waals surface area (Å²) in [5, 5.41) is 8.55. The van der Waals surface area contributed by atoms with Gasteiger partial charge in [0.25, 0.3) is 0 Å². The fraction of sp³-hybridized carbons (Fsp3) is 0.500. The number of carbonyl (C=O) groups excluding carboxylic acids is 1. The van der Waals surface area contributed by atoms with Crippen LogP contribution in [-0.4, -0.2) is 41.2 Å². The first-order valence-electron chi connectivity index (χ1n) is 6.28. The Labute approximate surface area is 127 Å². The van der Waals surface area contributed by atoms with Crippen molar-refractivity contribution in [2.75, 3.05) is 26.4 Å². The van der Waals surface area contributed by atoms with Gasteiger partial charge < -0.3 is 14.6 Å². The molecule has 5 heteroatoms. The third-order valence-electron chi connectivity index (χ3n) is 2.49. The molecule has 1 atom stereocenters. The van der Waals surface area contributed by atoms with Crippen LogP contribution < -0.4 is 4.74 Å². The van der Waals surface area contributed by atoms with Crippen molar-refractivity contribution in [2.45, 2.75) is 17.3 Å². The van der Waals surface area contributed by atoms with E-state index in [-0.39, 0.29) is 16.3 Å². The van der Waals surface area contributed by atoms with E-state index in [0.29, 0.717) is 31.1 Å². The van der Waals surface area contributed by atoms with Crippen LogP contribution >= 0.6 is 22.6 Å². The molecular weight excluding hydrogens is 359 g/mol. The standard InChI is InChI=1S/C14H19IO4/c1-2-13(15)14(17)11-4-3-5-12(10-11)19-9-8-18-7-6-16/h3-5,10,13,16H,2,6-9H2,1H3. The summed E-state index contributed by atoms with van der Waals surface area (Å²) in [5.41, 5.74) is 0.676. The van der Waals surface area contributed by atoms with Gasteiger partial charge >= 0.3 is 0 Å². The molecule has 0 heterocycles. The minimum atomic E-state index is 0.000683. The first kappa shape index (κ1) is 16.4. The molecule has 0 aliphatic rings. The van der Waals surface area contributed by atoms with Crippen molar-refractivity contribution < 1.29 is 19.4 Å². The number of rotatable bonds is 9. The van der Waals surface area contributed by atoms with Crippen molar-refractivity contribution in [1.29, 1.82) is 0 Å². The number of hydrogen-bond acceptors (Lipinski definition) is 4. The van der Waals surface area contributed by atoms with Crippen LogP contribution in [0.5, 0.6) is 5.75 Å². The summed E-state index contributed by atoms with van der Waals surface area (Å²) in [5.74, 6) is 0.795. The molecule has 0 fully saturated rings. The summed E-state index contributed by atoms with van der Waals surface area (Å²) >= 11 is 2.16. The average molecular weight is 378 g/mol. The van der Waals surface area contributed by atoms with Crippen LogP contribution in [0.15, 0.2) is 24.3 Å². The molecule has 1 rings (SSSR count). The Bertz CT molecular complexity index is 395. The molecule has 0 saturated carbocycles. The van der Waals surface area contributed by atoms with E-state index in [1.54, 1.807) is 12.1 Å². The molecule has 1 aromatic carbocycles. The molecular formula is C14H19IO4. The maximum Gasteiger partial charge on any atom is 0.175 e. The van der Waals surface area contributed by atoms with Crippen molar-refractivity contribution >= 4 is 28.4 Å². The second-order valence-corrected chi connectivity index (χ2v) is 5.46.